The molecule has 0 bridgehead atoms. The molecule has 1 saturated heterocycles. The Bertz CT molecular complexity index is 402. The molecule has 1 fully saturated rings. The molecule has 1 aliphatic rings. The van der Waals surface area contributed by atoms with Crippen molar-refractivity contribution in [2.75, 3.05) is 12.3 Å². The molecule has 0 unspecified atom stereocenters. The monoisotopic (exact) mass is 271 g/mol. The van der Waals surface area contributed by atoms with E-state index in [-0.39, 0.29) is 5.91 Å². The van der Waals surface area contributed by atoms with Crippen molar-refractivity contribution in [3.8, 4) is 0 Å². The van der Waals surface area contributed by atoms with Gasteiger partial charge in [0.15, 0.2) is 0 Å². The number of benzene rings is 1. The van der Waals surface area contributed by atoms with Gasteiger partial charge in [0, 0.05) is 11.6 Å². The topological polar surface area (TPSA) is 20.3 Å². The summed E-state index contributed by atoms with van der Waals surface area (Å²) in [5.74, 6) is 0.600. The minimum Gasteiger partial charge on any atom is -0.297 e. The Labute approximate surface area is 109 Å². The SMILES string of the molecule is O=C1CSC(=S)N1CCc1ccc(Cl)cc1. The molecule has 0 radical (unpaired) electrons. The van der Waals surface area contributed by atoms with Crippen molar-refractivity contribution in [2.24, 2.45) is 0 Å². The normalized spacial score (nSPS) is 15.9. The zero-order chi connectivity index (χ0) is 11.5. The van der Waals surface area contributed by atoms with Gasteiger partial charge in [-0.05, 0) is 24.1 Å². The molecule has 0 atom stereocenters. The van der Waals surface area contributed by atoms with Crippen molar-refractivity contribution in [1.29, 1.82) is 0 Å². The lowest BCUT2D eigenvalue weighted by Gasteiger charge is -2.14. The fraction of sp³-hybridized carbons (Fsp3) is 0.273. The van der Waals surface area contributed by atoms with Crippen LogP contribution in [-0.2, 0) is 11.2 Å². The van der Waals surface area contributed by atoms with Crippen LogP contribution in [0.25, 0.3) is 0 Å². The summed E-state index contributed by atoms with van der Waals surface area (Å²) in [6, 6.07) is 7.66. The van der Waals surface area contributed by atoms with Gasteiger partial charge in [-0.2, -0.15) is 0 Å². The van der Waals surface area contributed by atoms with Gasteiger partial charge >= 0.3 is 0 Å². The fourth-order valence-electron chi connectivity index (χ4n) is 1.49. The number of thiocarbonyl (C=S) groups is 1. The number of carbonyl (C=O) groups is 1. The van der Waals surface area contributed by atoms with Crippen LogP contribution in [0.2, 0.25) is 5.02 Å². The van der Waals surface area contributed by atoms with Gasteiger partial charge in [-0.3, -0.25) is 9.69 Å². The summed E-state index contributed by atoms with van der Waals surface area (Å²) in [6.07, 6.45) is 0.809. The van der Waals surface area contributed by atoms with E-state index in [9.17, 15) is 4.79 Å². The second-order valence-electron chi connectivity index (χ2n) is 3.48. The Hall–Kier alpha value is -0.580. The van der Waals surface area contributed by atoms with Crippen molar-refractivity contribution in [3.63, 3.8) is 0 Å². The maximum Gasteiger partial charge on any atom is 0.238 e. The van der Waals surface area contributed by atoms with Crippen molar-refractivity contribution in [2.45, 2.75) is 6.42 Å². The van der Waals surface area contributed by atoms with Gasteiger partial charge in [0.05, 0.1) is 5.75 Å². The highest BCUT2D eigenvalue weighted by Gasteiger charge is 2.25. The van der Waals surface area contributed by atoms with E-state index in [0.717, 1.165) is 17.0 Å². The van der Waals surface area contributed by atoms with E-state index in [1.54, 1.807) is 4.90 Å². The van der Waals surface area contributed by atoms with Gasteiger partial charge in [0.2, 0.25) is 5.91 Å². The lowest BCUT2D eigenvalue weighted by molar-refractivity contribution is -0.123. The van der Waals surface area contributed by atoms with E-state index in [0.29, 0.717) is 16.6 Å². The summed E-state index contributed by atoms with van der Waals surface area (Å²) < 4.78 is 0.693. The third-order valence-electron chi connectivity index (χ3n) is 2.38. The van der Waals surface area contributed by atoms with Crippen LogP contribution in [0.5, 0.6) is 0 Å². The van der Waals surface area contributed by atoms with Crippen molar-refractivity contribution in [3.05, 3.63) is 34.9 Å². The van der Waals surface area contributed by atoms with Crippen LogP contribution in [-0.4, -0.2) is 27.4 Å². The Morgan fingerprint density at radius 2 is 2.06 bits per heavy atom. The third-order valence-corrected chi connectivity index (χ3v) is 4.06. The average molecular weight is 272 g/mol. The lowest BCUT2D eigenvalue weighted by Crippen LogP contribution is -2.30. The second kappa shape index (κ2) is 5.17. The maximum atomic E-state index is 11.5. The molecule has 1 aromatic carbocycles. The van der Waals surface area contributed by atoms with E-state index < -0.39 is 0 Å². The number of halogens is 1. The van der Waals surface area contributed by atoms with Crippen LogP contribution in [0.1, 0.15) is 5.56 Å². The minimum absolute atomic E-state index is 0.115. The van der Waals surface area contributed by atoms with Crippen molar-refractivity contribution < 1.29 is 4.79 Å². The summed E-state index contributed by atoms with van der Waals surface area (Å²) in [7, 11) is 0. The van der Waals surface area contributed by atoms with Gasteiger partial charge in [-0.15, -0.1) is 0 Å². The molecule has 0 spiro atoms. The molecule has 1 aromatic rings. The molecule has 1 heterocycles. The molecule has 0 saturated carbocycles. The fourth-order valence-corrected chi connectivity index (χ4v) is 2.74. The van der Waals surface area contributed by atoms with E-state index in [4.69, 9.17) is 23.8 Å². The predicted molar refractivity (Wildman–Crippen MR) is 71.9 cm³/mol. The third kappa shape index (κ3) is 2.75. The first-order chi connectivity index (χ1) is 7.66. The summed E-state index contributed by atoms with van der Waals surface area (Å²) >= 11 is 12.3. The van der Waals surface area contributed by atoms with E-state index in [1.807, 2.05) is 24.3 Å². The van der Waals surface area contributed by atoms with E-state index in [2.05, 4.69) is 0 Å². The van der Waals surface area contributed by atoms with Gasteiger partial charge in [0.1, 0.15) is 4.32 Å². The molecule has 0 aromatic heterocycles. The molecule has 2 nitrogen and oxygen atoms in total. The number of rotatable bonds is 3. The number of nitrogens with zero attached hydrogens (tertiary/aromatic N) is 1. The first kappa shape index (κ1) is 11.9. The van der Waals surface area contributed by atoms with Crippen molar-refractivity contribution in [1.82, 2.24) is 4.90 Å². The highest BCUT2D eigenvalue weighted by Crippen LogP contribution is 2.19. The summed E-state index contributed by atoms with van der Waals surface area (Å²) in [5.41, 5.74) is 1.16. The first-order valence-electron chi connectivity index (χ1n) is 4.88. The van der Waals surface area contributed by atoms with E-state index >= 15 is 0 Å². The minimum atomic E-state index is 0.115. The zero-order valence-corrected chi connectivity index (χ0v) is 10.9. The van der Waals surface area contributed by atoms with Gasteiger partial charge < -0.3 is 0 Å². The van der Waals surface area contributed by atoms with Crippen LogP contribution in [0, 0.1) is 0 Å². The van der Waals surface area contributed by atoms with Gasteiger partial charge in [-0.25, -0.2) is 0 Å². The summed E-state index contributed by atoms with van der Waals surface area (Å²) in [4.78, 5) is 13.1. The second-order valence-corrected chi connectivity index (χ2v) is 5.52. The smallest absolute Gasteiger partial charge is 0.238 e. The average Bonchev–Trinajstić information content (AvgIpc) is 2.59. The summed E-state index contributed by atoms with van der Waals surface area (Å²) in [6.45, 7) is 0.659. The van der Waals surface area contributed by atoms with E-state index in [1.165, 1.54) is 11.8 Å². The molecule has 0 N–H and O–H groups in total. The van der Waals surface area contributed by atoms with Gasteiger partial charge in [0.25, 0.3) is 0 Å². The Morgan fingerprint density at radius 1 is 1.38 bits per heavy atom. The molecule has 0 aliphatic carbocycles. The van der Waals surface area contributed by atoms with Gasteiger partial charge in [-0.1, -0.05) is 47.7 Å². The number of hydrogen-bond donors (Lipinski definition) is 0. The molecule has 2 rings (SSSR count). The predicted octanol–water partition coefficient (Wildman–Crippen LogP) is 2.74. The Balaban J connectivity index is 1.94. The standard InChI is InChI=1S/C11H10ClNOS2/c12-9-3-1-8(2-4-9)5-6-13-10(14)7-16-11(13)15/h1-4H,5-7H2. The Morgan fingerprint density at radius 3 is 2.62 bits per heavy atom. The number of thioether (sulfide) groups is 1. The number of amides is 1. The largest absolute Gasteiger partial charge is 0.297 e. The number of carbonyl (C=O) groups excluding carboxylic acids is 1. The number of hydrogen-bond acceptors (Lipinski definition) is 3. The quantitative estimate of drug-likeness (QED) is 0.789. The molecular formula is C11H10ClNOS2. The highest BCUT2D eigenvalue weighted by atomic mass is 35.5. The molecule has 16 heavy (non-hydrogen) atoms. The molecule has 1 amide bonds. The highest BCUT2D eigenvalue weighted by molar-refractivity contribution is 8.23. The van der Waals surface area contributed by atoms with Crippen LogP contribution in [0.3, 0.4) is 0 Å². The van der Waals surface area contributed by atoms with Crippen LogP contribution in [0.4, 0.5) is 0 Å². The zero-order valence-electron chi connectivity index (χ0n) is 8.48. The van der Waals surface area contributed by atoms with Crippen LogP contribution >= 0.6 is 35.6 Å². The molecule has 84 valence electrons. The first-order valence-corrected chi connectivity index (χ1v) is 6.65. The molecule has 1 aliphatic heterocycles. The lowest BCUT2D eigenvalue weighted by atomic mass is 10.1. The van der Waals surface area contributed by atoms with Crippen LogP contribution < -0.4 is 0 Å². The maximum absolute atomic E-state index is 11.5. The molecular weight excluding hydrogens is 262 g/mol. The Kier molecular flexibility index (Phi) is 3.84. The summed E-state index contributed by atoms with van der Waals surface area (Å²) in [5, 5.41) is 0.729. The molecule has 5 heteroatoms. The van der Waals surface area contributed by atoms with Crippen molar-refractivity contribution >= 4 is 45.8 Å². The van der Waals surface area contributed by atoms with Crippen LogP contribution in [0.15, 0.2) is 24.3 Å².